The van der Waals surface area contributed by atoms with Gasteiger partial charge in [0.05, 0.1) is 11.6 Å². The van der Waals surface area contributed by atoms with E-state index in [2.05, 4.69) is 6.92 Å². The number of ether oxygens (including phenoxy) is 2. The van der Waals surface area contributed by atoms with E-state index < -0.39 is 0 Å². The Bertz CT molecular complexity index is 900. The molecule has 2 aromatic carbocycles. The molecule has 0 atom stereocenters. The number of rotatable bonds is 14. The van der Waals surface area contributed by atoms with Crippen LogP contribution in [-0.4, -0.2) is 29.7 Å². The molecule has 174 valence electrons. The Balaban J connectivity index is 1.87. The van der Waals surface area contributed by atoms with E-state index in [0.717, 1.165) is 53.7 Å². The van der Waals surface area contributed by atoms with Crippen LogP contribution in [0.1, 0.15) is 57.1 Å². The number of benzene rings is 2. The lowest BCUT2D eigenvalue weighted by Crippen LogP contribution is -2.05. The number of esters is 1. The fraction of sp³-hybridized carbons (Fsp3) is 0.440. The van der Waals surface area contributed by atoms with Gasteiger partial charge in [-0.2, -0.15) is 0 Å². The molecule has 0 spiro atoms. The van der Waals surface area contributed by atoms with E-state index in [1.165, 1.54) is 0 Å². The van der Waals surface area contributed by atoms with Crippen molar-refractivity contribution in [3.8, 4) is 17.2 Å². The molecule has 0 aliphatic carbocycles. The largest absolute Gasteiger partial charge is 0.507 e. The fourth-order valence-electron chi connectivity index (χ4n) is 3.16. The summed E-state index contributed by atoms with van der Waals surface area (Å²) in [5.41, 5.74) is 1.70. The van der Waals surface area contributed by atoms with E-state index in [1.54, 1.807) is 30.8 Å². The van der Waals surface area contributed by atoms with E-state index in [9.17, 15) is 14.7 Å². The Labute approximate surface area is 199 Å². The van der Waals surface area contributed by atoms with Gasteiger partial charge in [-0.05, 0) is 49.4 Å². The van der Waals surface area contributed by atoms with Crippen molar-refractivity contribution in [1.82, 2.24) is 0 Å². The first-order chi connectivity index (χ1) is 15.5. The van der Waals surface area contributed by atoms with Gasteiger partial charge in [-0.3, -0.25) is 4.79 Å². The summed E-state index contributed by atoms with van der Waals surface area (Å²) in [5, 5.41) is 11.2. The van der Waals surface area contributed by atoms with Crippen molar-refractivity contribution < 1.29 is 24.2 Å². The average molecular weight is 479 g/mol. The summed E-state index contributed by atoms with van der Waals surface area (Å²) in [6.07, 6.45) is 5.56. The number of hydrogen-bond acceptors (Lipinski definition) is 6. The van der Waals surface area contributed by atoms with Crippen LogP contribution in [0.25, 0.3) is 0 Å². The molecule has 0 aromatic heterocycles. The van der Waals surface area contributed by atoms with Crippen LogP contribution in [0.4, 0.5) is 0 Å². The molecule has 0 amide bonds. The number of hydrogen-bond donors (Lipinski definition) is 1. The quantitative estimate of drug-likeness (QED) is 0.111. The maximum absolute atomic E-state index is 11.4. The van der Waals surface area contributed by atoms with Crippen molar-refractivity contribution in [2.75, 3.05) is 12.4 Å². The molecule has 0 aliphatic rings. The molecule has 0 saturated carbocycles. The maximum Gasteiger partial charge on any atom is 0.310 e. The van der Waals surface area contributed by atoms with Gasteiger partial charge in [-0.15, -0.1) is 11.8 Å². The Morgan fingerprint density at radius 2 is 1.97 bits per heavy atom. The van der Waals surface area contributed by atoms with Crippen LogP contribution in [0.2, 0.25) is 5.02 Å². The number of phenolic OH excluding ortho intramolecular Hbond substituents is 1. The third-order valence-corrected chi connectivity index (χ3v) is 6.40. The van der Waals surface area contributed by atoms with Gasteiger partial charge in [0, 0.05) is 35.1 Å². The number of carbonyl (C=O) groups excluding carboxylic acids is 2. The molecule has 1 N–H and O–H groups in total. The first-order valence-corrected chi connectivity index (χ1v) is 12.4. The van der Waals surface area contributed by atoms with Crippen LogP contribution in [0.3, 0.4) is 0 Å². The standard InChI is InChI=1S/C25H31ClO5S/c1-3-8-20-22(12-10-18(25(20)29)9-5-6-14-27)30-15-7-16-32-23-13-11-19(17-21(23)26)31-24(28)4-2/h10-14,17,29H,3-9,15-16H2,1-2H3. The summed E-state index contributed by atoms with van der Waals surface area (Å²) in [6, 6.07) is 9.06. The number of aryl methyl sites for hydroxylation is 1. The predicted octanol–water partition coefficient (Wildman–Crippen LogP) is 6.40. The molecular formula is C25H31ClO5S. The second kappa shape index (κ2) is 14.1. The van der Waals surface area contributed by atoms with Crippen molar-refractivity contribution in [2.45, 2.75) is 63.7 Å². The summed E-state index contributed by atoms with van der Waals surface area (Å²) in [5.74, 6) is 1.98. The maximum atomic E-state index is 11.4. The predicted molar refractivity (Wildman–Crippen MR) is 129 cm³/mol. The van der Waals surface area contributed by atoms with E-state index in [-0.39, 0.29) is 5.97 Å². The van der Waals surface area contributed by atoms with Crippen molar-refractivity contribution in [3.63, 3.8) is 0 Å². The van der Waals surface area contributed by atoms with Gasteiger partial charge in [-0.25, -0.2) is 0 Å². The highest BCUT2D eigenvalue weighted by atomic mass is 35.5. The van der Waals surface area contributed by atoms with Crippen LogP contribution >= 0.6 is 23.4 Å². The zero-order chi connectivity index (χ0) is 23.3. The molecule has 2 rings (SSSR count). The van der Waals surface area contributed by atoms with Crippen LogP contribution in [0.15, 0.2) is 35.2 Å². The van der Waals surface area contributed by atoms with Crippen LogP contribution in [-0.2, 0) is 22.4 Å². The number of phenols is 1. The van der Waals surface area contributed by atoms with Gasteiger partial charge in [0.15, 0.2) is 0 Å². The monoisotopic (exact) mass is 478 g/mol. The van der Waals surface area contributed by atoms with Crippen molar-refractivity contribution in [1.29, 1.82) is 0 Å². The Morgan fingerprint density at radius 1 is 1.16 bits per heavy atom. The second-order valence-electron chi connectivity index (χ2n) is 7.33. The van der Waals surface area contributed by atoms with E-state index in [0.29, 0.717) is 48.1 Å². The molecule has 0 unspecified atom stereocenters. The SMILES string of the molecule is CCCc1c(OCCCSc2ccc(OC(=O)CC)cc2Cl)ccc(CCCC=O)c1O. The van der Waals surface area contributed by atoms with Gasteiger partial charge < -0.3 is 19.4 Å². The van der Waals surface area contributed by atoms with Crippen molar-refractivity contribution in [2.24, 2.45) is 0 Å². The first-order valence-electron chi connectivity index (χ1n) is 11.0. The highest BCUT2D eigenvalue weighted by Crippen LogP contribution is 2.34. The number of unbranched alkanes of at least 4 members (excludes halogenated alkanes) is 1. The minimum atomic E-state index is -0.291. The molecule has 7 heteroatoms. The molecule has 0 heterocycles. The van der Waals surface area contributed by atoms with Gasteiger partial charge >= 0.3 is 5.97 Å². The number of carbonyl (C=O) groups is 2. The highest BCUT2D eigenvalue weighted by molar-refractivity contribution is 7.99. The van der Waals surface area contributed by atoms with Crippen molar-refractivity contribution in [3.05, 3.63) is 46.5 Å². The van der Waals surface area contributed by atoms with E-state index in [1.807, 2.05) is 18.2 Å². The third-order valence-electron chi connectivity index (χ3n) is 4.82. The number of thioether (sulfide) groups is 1. The molecular weight excluding hydrogens is 448 g/mol. The lowest BCUT2D eigenvalue weighted by atomic mass is 10.00. The number of aldehydes is 1. The zero-order valence-corrected chi connectivity index (χ0v) is 20.3. The van der Waals surface area contributed by atoms with Crippen LogP contribution in [0, 0.1) is 0 Å². The van der Waals surface area contributed by atoms with Gasteiger partial charge in [0.2, 0.25) is 0 Å². The second-order valence-corrected chi connectivity index (χ2v) is 8.87. The minimum absolute atomic E-state index is 0.291. The molecule has 5 nitrogen and oxygen atoms in total. The highest BCUT2D eigenvalue weighted by Gasteiger charge is 2.13. The molecule has 0 bridgehead atoms. The number of aromatic hydroxyl groups is 1. The summed E-state index contributed by atoms with van der Waals surface area (Å²) in [4.78, 5) is 22.9. The molecule has 32 heavy (non-hydrogen) atoms. The van der Waals surface area contributed by atoms with Gasteiger partial charge in [0.1, 0.15) is 23.5 Å². The molecule has 0 aliphatic heterocycles. The molecule has 0 radical (unpaired) electrons. The van der Waals surface area contributed by atoms with E-state index in [4.69, 9.17) is 21.1 Å². The normalized spacial score (nSPS) is 10.7. The minimum Gasteiger partial charge on any atom is -0.507 e. The molecule has 2 aromatic rings. The lowest BCUT2D eigenvalue weighted by molar-refractivity contribution is -0.134. The Hall–Kier alpha value is -2.18. The van der Waals surface area contributed by atoms with Crippen LogP contribution < -0.4 is 9.47 Å². The summed E-state index contributed by atoms with van der Waals surface area (Å²) in [6.45, 7) is 4.34. The first kappa shape index (κ1) is 26.1. The van der Waals surface area contributed by atoms with Crippen molar-refractivity contribution >= 4 is 35.6 Å². The third kappa shape index (κ3) is 8.06. The van der Waals surface area contributed by atoms with E-state index >= 15 is 0 Å². The summed E-state index contributed by atoms with van der Waals surface area (Å²) < 4.78 is 11.2. The molecule has 0 fully saturated rings. The van der Waals surface area contributed by atoms with Crippen LogP contribution in [0.5, 0.6) is 17.2 Å². The van der Waals surface area contributed by atoms with Gasteiger partial charge in [-0.1, -0.05) is 37.9 Å². The Morgan fingerprint density at radius 3 is 2.66 bits per heavy atom. The molecule has 0 saturated heterocycles. The Kier molecular flexibility index (Phi) is 11.5. The fourth-order valence-corrected chi connectivity index (χ4v) is 4.34. The average Bonchev–Trinajstić information content (AvgIpc) is 2.78. The summed E-state index contributed by atoms with van der Waals surface area (Å²) in [7, 11) is 0. The zero-order valence-electron chi connectivity index (χ0n) is 18.7. The summed E-state index contributed by atoms with van der Waals surface area (Å²) >= 11 is 7.92. The topological polar surface area (TPSA) is 72.8 Å². The lowest BCUT2D eigenvalue weighted by Gasteiger charge is -2.15. The smallest absolute Gasteiger partial charge is 0.310 e. The van der Waals surface area contributed by atoms with Gasteiger partial charge in [0.25, 0.3) is 0 Å². The number of halogens is 1.